The number of H-pyrrole nitrogens is 1. The molecule has 2 heterocycles. The number of hydrogen-bond donors (Lipinski definition) is 2. The molecule has 0 fully saturated rings. The van der Waals surface area contributed by atoms with E-state index in [2.05, 4.69) is 41.0 Å². The van der Waals surface area contributed by atoms with Crippen molar-refractivity contribution >= 4 is 33.5 Å². The van der Waals surface area contributed by atoms with Crippen LogP contribution < -0.4 is 10.9 Å². The summed E-state index contributed by atoms with van der Waals surface area (Å²) in [4.78, 5) is 36.2. The fraction of sp³-hybridized carbons (Fsp3) is 0.182. The number of para-hydroxylation sites is 2. The topological polar surface area (TPSA) is 87.7 Å². The number of hydrogen-bond acceptors (Lipinski definition) is 4. The van der Waals surface area contributed by atoms with Gasteiger partial charge in [-0.05, 0) is 35.2 Å². The van der Waals surface area contributed by atoms with E-state index >= 15 is 0 Å². The molecule has 6 nitrogen and oxygen atoms in total. The van der Waals surface area contributed by atoms with Crippen LogP contribution in [0.25, 0.3) is 21.9 Å². The molecule has 0 bridgehead atoms. The Bertz CT molecular complexity index is 1270. The number of carbonyl (C=O) groups excluding carboxylic acids is 1. The maximum absolute atomic E-state index is 12.6. The van der Waals surface area contributed by atoms with Crippen molar-refractivity contribution in [2.75, 3.05) is 5.32 Å². The Labute approximate surface area is 161 Å². The van der Waals surface area contributed by atoms with Gasteiger partial charge in [0.05, 0.1) is 22.7 Å². The third-order valence-electron chi connectivity index (χ3n) is 4.59. The molecule has 4 aromatic rings. The van der Waals surface area contributed by atoms with Crippen molar-refractivity contribution in [2.24, 2.45) is 0 Å². The van der Waals surface area contributed by atoms with Gasteiger partial charge in [-0.15, -0.1) is 0 Å². The first kappa shape index (κ1) is 17.9. The van der Waals surface area contributed by atoms with Crippen LogP contribution in [-0.4, -0.2) is 20.9 Å². The third kappa shape index (κ3) is 3.36. The molecule has 0 atom stereocenters. The Morgan fingerprint density at radius 3 is 2.54 bits per heavy atom. The first-order chi connectivity index (χ1) is 13.3. The van der Waals surface area contributed by atoms with Crippen LogP contribution in [0, 0.1) is 0 Å². The van der Waals surface area contributed by atoms with Crippen molar-refractivity contribution in [3.05, 3.63) is 76.3 Å². The molecule has 1 amide bonds. The van der Waals surface area contributed by atoms with Gasteiger partial charge >= 0.3 is 0 Å². The lowest BCUT2D eigenvalue weighted by Gasteiger charge is -2.21. The van der Waals surface area contributed by atoms with Gasteiger partial charge < -0.3 is 10.3 Å². The fourth-order valence-electron chi connectivity index (χ4n) is 3.22. The smallest absolute Gasteiger partial charge is 0.275 e. The molecule has 0 saturated heterocycles. The Morgan fingerprint density at radius 1 is 1.04 bits per heavy atom. The number of pyridine rings is 1. The maximum Gasteiger partial charge on any atom is 0.275 e. The van der Waals surface area contributed by atoms with E-state index in [1.54, 1.807) is 12.1 Å². The van der Waals surface area contributed by atoms with Crippen LogP contribution >= 0.6 is 0 Å². The molecule has 0 aliphatic carbocycles. The van der Waals surface area contributed by atoms with Crippen molar-refractivity contribution in [3.8, 4) is 0 Å². The van der Waals surface area contributed by atoms with E-state index in [1.807, 2.05) is 36.4 Å². The quantitative estimate of drug-likeness (QED) is 0.556. The van der Waals surface area contributed by atoms with Crippen molar-refractivity contribution in [1.29, 1.82) is 0 Å². The van der Waals surface area contributed by atoms with Gasteiger partial charge in [0.25, 0.3) is 5.91 Å². The summed E-state index contributed by atoms with van der Waals surface area (Å²) in [6, 6.07) is 14.5. The summed E-state index contributed by atoms with van der Waals surface area (Å²) in [5.41, 5.74) is 3.51. The van der Waals surface area contributed by atoms with Gasteiger partial charge in [-0.3, -0.25) is 14.6 Å². The Balaban J connectivity index is 1.69. The van der Waals surface area contributed by atoms with Gasteiger partial charge in [-0.2, -0.15) is 0 Å². The van der Waals surface area contributed by atoms with E-state index in [0.717, 1.165) is 16.5 Å². The number of aromatic nitrogens is 3. The van der Waals surface area contributed by atoms with Crippen molar-refractivity contribution in [2.45, 2.75) is 26.2 Å². The van der Waals surface area contributed by atoms with E-state index < -0.39 is 0 Å². The number of rotatable bonds is 2. The molecular weight excluding hydrogens is 352 g/mol. The molecular formula is C22H20N4O2. The molecule has 2 aromatic carbocycles. The lowest BCUT2D eigenvalue weighted by Crippen LogP contribution is -2.18. The highest BCUT2D eigenvalue weighted by molar-refractivity contribution is 6.04. The Morgan fingerprint density at radius 2 is 1.79 bits per heavy atom. The molecule has 140 valence electrons. The number of aromatic amines is 1. The lowest BCUT2D eigenvalue weighted by molar-refractivity contribution is 0.102. The number of benzene rings is 2. The van der Waals surface area contributed by atoms with Crippen LogP contribution in [-0.2, 0) is 5.41 Å². The third-order valence-corrected chi connectivity index (χ3v) is 4.59. The monoisotopic (exact) mass is 372 g/mol. The summed E-state index contributed by atoms with van der Waals surface area (Å²) in [5.74, 6) is -0.355. The zero-order valence-electron chi connectivity index (χ0n) is 15.9. The first-order valence-electron chi connectivity index (χ1n) is 9.02. The number of carbonyl (C=O) groups is 1. The van der Waals surface area contributed by atoms with Crippen molar-refractivity contribution in [1.82, 2.24) is 15.0 Å². The lowest BCUT2D eigenvalue weighted by atomic mass is 9.85. The van der Waals surface area contributed by atoms with Crippen LogP contribution in [0.1, 0.15) is 36.8 Å². The predicted octanol–water partition coefficient (Wildman–Crippen LogP) is 4.02. The highest BCUT2D eigenvalue weighted by atomic mass is 16.2. The molecule has 0 unspecified atom stereocenters. The normalized spacial score (nSPS) is 11.7. The minimum Gasteiger partial charge on any atom is -0.322 e. The summed E-state index contributed by atoms with van der Waals surface area (Å²) in [6.07, 6.45) is 1.46. The van der Waals surface area contributed by atoms with Crippen LogP contribution in [0.5, 0.6) is 0 Å². The zero-order chi connectivity index (χ0) is 19.9. The van der Waals surface area contributed by atoms with Crippen LogP contribution in [0.2, 0.25) is 0 Å². The molecule has 0 aliphatic heterocycles. The molecule has 4 rings (SSSR count). The molecule has 0 aliphatic rings. The van der Waals surface area contributed by atoms with E-state index in [4.69, 9.17) is 0 Å². The van der Waals surface area contributed by atoms with Crippen LogP contribution in [0.4, 0.5) is 5.69 Å². The molecule has 28 heavy (non-hydrogen) atoms. The first-order valence-corrected chi connectivity index (χ1v) is 9.02. The van der Waals surface area contributed by atoms with Gasteiger partial charge in [0.15, 0.2) is 0 Å². The summed E-state index contributed by atoms with van der Waals surface area (Å²) in [7, 11) is 0. The Kier molecular flexibility index (Phi) is 4.19. The number of fused-ring (bicyclic) bond motifs is 2. The summed E-state index contributed by atoms with van der Waals surface area (Å²) >= 11 is 0. The predicted molar refractivity (Wildman–Crippen MR) is 111 cm³/mol. The molecule has 0 saturated carbocycles. The molecule has 0 radical (unpaired) electrons. The van der Waals surface area contributed by atoms with E-state index in [0.29, 0.717) is 16.7 Å². The number of anilines is 1. The van der Waals surface area contributed by atoms with Crippen molar-refractivity contribution in [3.63, 3.8) is 0 Å². The standard InChI is InChI=1S/C22H20N4O2/c1-22(2,3)15-11-20(27)26-18-10-13(8-9-14(15)18)24-21(28)19-12-23-16-6-4-5-7-17(16)25-19/h4-12H,1-3H3,(H,24,28)(H,26,27). The Hall–Kier alpha value is -3.54. The highest BCUT2D eigenvalue weighted by Crippen LogP contribution is 2.29. The van der Waals surface area contributed by atoms with E-state index in [9.17, 15) is 9.59 Å². The minimum absolute atomic E-state index is 0.165. The average Bonchev–Trinajstić information content (AvgIpc) is 2.66. The van der Waals surface area contributed by atoms with Gasteiger partial charge in [-0.1, -0.05) is 39.0 Å². The number of amides is 1. The minimum atomic E-state index is -0.355. The number of nitrogens with one attached hydrogen (secondary N) is 2. The average molecular weight is 372 g/mol. The van der Waals surface area contributed by atoms with Gasteiger partial charge in [0.2, 0.25) is 5.56 Å². The van der Waals surface area contributed by atoms with Crippen LogP contribution in [0.15, 0.2) is 59.5 Å². The summed E-state index contributed by atoms with van der Waals surface area (Å²) < 4.78 is 0. The SMILES string of the molecule is CC(C)(C)c1cc(=O)[nH]c2cc(NC(=O)c3cnc4ccccc4n3)ccc12. The summed E-state index contributed by atoms with van der Waals surface area (Å²) in [5, 5.41) is 3.78. The fourth-order valence-corrected chi connectivity index (χ4v) is 3.22. The van der Waals surface area contributed by atoms with Gasteiger partial charge in [-0.25, -0.2) is 4.98 Å². The summed E-state index contributed by atoms with van der Waals surface area (Å²) in [6.45, 7) is 6.19. The van der Waals surface area contributed by atoms with E-state index in [-0.39, 0.29) is 22.6 Å². The molecule has 2 N–H and O–H groups in total. The number of nitrogens with zero attached hydrogens (tertiary/aromatic N) is 2. The van der Waals surface area contributed by atoms with Crippen LogP contribution in [0.3, 0.4) is 0 Å². The second-order valence-electron chi connectivity index (χ2n) is 7.76. The molecule has 0 spiro atoms. The highest BCUT2D eigenvalue weighted by Gasteiger charge is 2.18. The zero-order valence-corrected chi connectivity index (χ0v) is 15.9. The van der Waals surface area contributed by atoms with E-state index in [1.165, 1.54) is 6.20 Å². The van der Waals surface area contributed by atoms with Gasteiger partial charge in [0.1, 0.15) is 5.69 Å². The second kappa shape index (κ2) is 6.56. The maximum atomic E-state index is 12.6. The second-order valence-corrected chi connectivity index (χ2v) is 7.76. The van der Waals surface area contributed by atoms with Crippen molar-refractivity contribution < 1.29 is 4.79 Å². The molecule has 6 heteroatoms. The molecule has 2 aromatic heterocycles. The largest absolute Gasteiger partial charge is 0.322 e. The van der Waals surface area contributed by atoms with Gasteiger partial charge in [0, 0.05) is 17.1 Å².